The topological polar surface area (TPSA) is 116 Å². The second kappa shape index (κ2) is 10.0. The maximum absolute atomic E-state index is 11.5. The van der Waals surface area contributed by atoms with Gasteiger partial charge in [0.05, 0.1) is 23.7 Å². The molecule has 0 aliphatic rings. The number of thioether (sulfide) groups is 1. The van der Waals surface area contributed by atoms with Gasteiger partial charge in [-0.1, -0.05) is 47.6 Å². The quantitative estimate of drug-likeness (QED) is 0.471. The van der Waals surface area contributed by atoms with Crippen LogP contribution in [0.4, 0.5) is 0 Å². The number of nitrogens with two attached hydrogens (primary N) is 1. The van der Waals surface area contributed by atoms with Crippen LogP contribution in [0.15, 0.2) is 64.0 Å². The van der Waals surface area contributed by atoms with Gasteiger partial charge in [0.1, 0.15) is 12.3 Å². The summed E-state index contributed by atoms with van der Waals surface area (Å²) in [7, 11) is -3.77. The van der Waals surface area contributed by atoms with Crippen molar-refractivity contribution >= 4 is 21.8 Å². The van der Waals surface area contributed by atoms with Crippen LogP contribution in [0, 0.1) is 0 Å². The van der Waals surface area contributed by atoms with Crippen LogP contribution in [0.3, 0.4) is 0 Å². The molecule has 7 nitrogen and oxygen atoms in total. The van der Waals surface area contributed by atoms with Crippen molar-refractivity contribution in [1.82, 2.24) is 5.16 Å². The zero-order chi connectivity index (χ0) is 20.7. The number of nitrogens with zero attached hydrogens (tertiary/aromatic N) is 1. The molecule has 0 spiro atoms. The predicted molar refractivity (Wildman–Crippen MR) is 113 cm³/mol. The molecule has 9 heteroatoms. The fraction of sp³-hybridized carbons (Fsp3) is 0.250. The molecule has 3 rings (SSSR count). The van der Waals surface area contributed by atoms with Gasteiger partial charge in [0, 0.05) is 17.1 Å². The Morgan fingerprint density at radius 3 is 2.41 bits per heavy atom. The van der Waals surface area contributed by atoms with Crippen LogP contribution in [0.5, 0.6) is 0 Å². The maximum atomic E-state index is 11.5. The number of hydrogen-bond acceptors (Lipinski definition) is 7. The summed E-state index contributed by atoms with van der Waals surface area (Å²) in [5.41, 5.74) is 3.04. The van der Waals surface area contributed by atoms with Crippen LogP contribution in [0.1, 0.15) is 5.76 Å². The van der Waals surface area contributed by atoms with Gasteiger partial charge in [-0.2, -0.15) is 11.8 Å². The van der Waals surface area contributed by atoms with Crippen molar-refractivity contribution in [3.8, 4) is 22.4 Å². The van der Waals surface area contributed by atoms with E-state index >= 15 is 0 Å². The lowest BCUT2D eigenvalue weighted by Gasteiger charge is -2.07. The summed E-state index contributed by atoms with van der Waals surface area (Å²) in [6.07, 6.45) is 0. The third-order valence-electron chi connectivity index (χ3n) is 4.12. The normalized spacial score (nSPS) is 11.7. The van der Waals surface area contributed by atoms with Gasteiger partial charge in [-0.05, 0) is 17.7 Å². The van der Waals surface area contributed by atoms with Crippen molar-refractivity contribution in [2.75, 3.05) is 24.7 Å². The molecule has 0 aliphatic carbocycles. The number of aromatic nitrogens is 1. The fourth-order valence-electron chi connectivity index (χ4n) is 2.77. The molecule has 0 bridgehead atoms. The van der Waals surface area contributed by atoms with Crippen molar-refractivity contribution < 1.29 is 22.8 Å². The van der Waals surface area contributed by atoms with E-state index in [1.54, 1.807) is 23.9 Å². The van der Waals surface area contributed by atoms with Crippen molar-refractivity contribution in [3.05, 3.63) is 60.4 Å². The molecule has 1 aromatic heterocycles. The number of benzene rings is 2. The molecule has 0 saturated carbocycles. The summed E-state index contributed by atoms with van der Waals surface area (Å²) in [5.74, 6) is 1.99. The largest absolute Gasteiger partial charge is 0.396 e. The van der Waals surface area contributed by atoms with Gasteiger partial charge in [-0.15, -0.1) is 0 Å². The first-order valence-electron chi connectivity index (χ1n) is 8.94. The highest BCUT2D eigenvalue weighted by Gasteiger charge is 2.20. The van der Waals surface area contributed by atoms with Crippen LogP contribution in [-0.4, -0.2) is 43.4 Å². The van der Waals surface area contributed by atoms with E-state index < -0.39 is 10.0 Å². The van der Waals surface area contributed by atoms with Crippen LogP contribution in [-0.2, 0) is 21.4 Å². The zero-order valence-corrected chi connectivity index (χ0v) is 17.3. The SMILES string of the molecule is NS(=O)(=O)c1ccc(-c2c(-c3ccccc3)noc2COCCSCCO)cc1. The molecule has 154 valence electrons. The average Bonchev–Trinajstić information content (AvgIpc) is 3.14. The third-order valence-corrected chi connectivity index (χ3v) is 5.98. The Balaban J connectivity index is 1.89. The molecule has 2 aromatic carbocycles. The Morgan fingerprint density at radius 2 is 1.76 bits per heavy atom. The van der Waals surface area contributed by atoms with E-state index in [-0.39, 0.29) is 18.1 Å². The number of aliphatic hydroxyl groups excluding tert-OH is 1. The number of sulfonamides is 1. The first kappa shape index (κ1) is 21.5. The van der Waals surface area contributed by atoms with Crippen LogP contribution in [0.25, 0.3) is 22.4 Å². The van der Waals surface area contributed by atoms with Gasteiger partial charge >= 0.3 is 0 Å². The lowest BCUT2D eigenvalue weighted by Crippen LogP contribution is -2.11. The van der Waals surface area contributed by atoms with Crippen LogP contribution >= 0.6 is 11.8 Å². The van der Waals surface area contributed by atoms with Crippen molar-refractivity contribution in [2.24, 2.45) is 5.14 Å². The minimum atomic E-state index is -3.77. The molecule has 0 atom stereocenters. The maximum Gasteiger partial charge on any atom is 0.238 e. The predicted octanol–water partition coefficient (Wildman–Crippen LogP) is 2.90. The van der Waals surface area contributed by atoms with Crippen molar-refractivity contribution in [3.63, 3.8) is 0 Å². The van der Waals surface area contributed by atoms with E-state index in [0.29, 0.717) is 23.8 Å². The summed E-state index contributed by atoms with van der Waals surface area (Å²) in [5, 5.41) is 18.2. The van der Waals surface area contributed by atoms with Crippen molar-refractivity contribution in [2.45, 2.75) is 11.5 Å². The van der Waals surface area contributed by atoms with E-state index in [4.69, 9.17) is 19.5 Å². The van der Waals surface area contributed by atoms with Crippen molar-refractivity contribution in [1.29, 1.82) is 0 Å². The molecule has 3 aromatic rings. The van der Waals surface area contributed by atoms with Gasteiger partial charge in [0.2, 0.25) is 10.0 Å². The molecule has 0 aliphatic heterocycles. The second-order valence-electron chi connectivity index (χ2n) is 6.15. The average molecular weight is 435 g/mol. The molecule has 3 N–H and O–H groups in total. The number of aliphatic hydroxyl groups is 1. The number of primary sulfonamides is 1. The second-order valence-corrected chi connectivity index (χ2v) is 8.94. The molecule has 0 radical (unpaired) electrons. The van der Waals surface area contributed by atoms with Gasteiger partial charge in [0.25, 0.3) is 0 Å². The summed E-state index contributed by atoms with van der Waals surface area (Å²) >= 11 is 1.60. The summed E-state index contributed by atoms with van der Waals surface area (Å²) in [6, 6.07) is 15.9. The lowest BCUT2D eigenvalue weighted by molar-refractivity contribution is 0.115. The Kier molecular flexibility index (Phi) is 7.45. The molecule has 0 unspecified atom stereocenters. The molecule has 0 fully saturated rings. The third kappa shape index (κ3) is 5.68. The number of rotatable bonds is 10. The Bertz CT molecular complexity index is 1020. The number of hydrogen-bond donors (Lipinski definition) is 2. The summed E-state index contributed by atoms with van der Waals surface area (Å²) < 4.78 is 34.4. The zero-order valence-electron chi connectivity index (χ0n) is 15.7. The Morgan fingerprint density at radius 1 is 1.03 bits per heavy atom. The lowest BCUT2D eigenvalue weighted by atomic mass is 9.99. The van der Waals surface area contributed by atoms with Gasteiger partial charge < -0.3 is 14.4 Å². The van der Waals surface area contributed by atoms with E-state index in [2.05, 4.69) is 5.16 Å². The highest BCUT2D eigenvalue weighted by molar-refractivity contribution is 7.99. The Hall–Kier alpha value is -2.17. The fourth-order valence-corrected chi connectivity index (χ4v) is 3.86. The van der Waals surface area contributed by atoms with Gasteiger partial charge in [-0.3, -0.25) is 0 Å². The van der Waals surface area contributed by atoms with E-state index in [1.807, 2.05) is 30.3 Å². The van der Waals surface area contributed by atoms with E-state index in [0.717, 1.165) is 22.4 Å². The molecule has 1 heterocycles. The van der Waals surface area contributed by atoms with E-state index in [9.17, 15) is 8.42 Å². The number of ether oxygens (including phenoxy) is 1. The van der Waals surface area contributed by atoms with Gasteiger partial charge in [-0.25, -0.2) is 13.6 Å². The summed E-state index contributed by atoms with van der Waals surface area (Å²) in [4.78, 5) is 0.0395. The minimum Gasteiger partial charge on any atom is -0.396 e. The van der Waals surface area contributed by atoms with Crippen LogP contribution in [0.2, 0.25) is 0 Å². The monoisotopic (exact) mass is 434 g/mol. The summed E-state index contributed by atoms with van der Waals surface area (Å²) in [6.45, 7) is 0.882. The highest BCUT2D eigenvalue weighted by Crippen LogP contribution is 2.35. The molecular weight excluding hydrogens is 412 g/mol. The molecular formula is C20H22N2O5S2. The van der Waals surface area contributed by atoms with Gasteiger partial charge in [0.15, 0.2) is 5.76 Å². The molecule has 0 amide bonds. The molecule has 29 heavy (non-hydrogen) atoms. The first-order chi connectivity index (χ1) is 14.0. The first-order valence-corrected chi connectivity index (χ1v) is 11.6. The van der Waals surface area contributed by atoms with E-state index in [1.165, 1.54) is 12.1 Å². The van der Waals surface area contributed by atoms with Crippen LogP contribution < -0.4 is 5.14 Å². The highest BCUT2D eigenvalue weighted by atomic mass is 32.2. The minimum absolute atomic E-state index is 0.0395. The standard InChI is InChI=1S/C20H22N2O5S2/c21-29(24,25)17-8-6-15(7-9-17)19-18(14-26-11-13-28-12-10-23)27-22-20(19)16-4-2-1-3-5-16/h1-9,23H,10-14H2,(H2,21,24,25). The molecule has 0 saturated heterocycles. The smallest absolute Gasteiger partial charge is 0.238 e. The Labute approximate surface area is 173 Å².